The predicted molar refractivity (Wildman–Crippen MR) is 139 cm³/mol. The van der Waals surface area contributed by atoms with Crippen LogP contribution in [0.4, 0.5) is 10.7 Å². The maximum absolute atomic E-state index is 12.5. The van der Waals surface area contributed by atoms with E-state index >= 15 is 0 Å². The van der Waals surface area contributed by atoms with Crippen molar-refractivity contribution in [3.05, 3.63) is 52.7 Å². The van der Waals surface area contributed by atoms with Crippen LogP contribution in [0, 0.1) is 0 Å². The maximum atomic E-state index is 12.5. The second-order valence-electron chi connectivity index (χ2n) is 10.7. The molecule has 1 saturated heterocycles. The molecule has 0 bridgehead atoms. The van der Waals surface area contributed by atoms with Crippen molar-refractivity contribution < 1.29 is 9.53 Å². The van der Waals surface area contributed by atoms with Crippen LogP contribution in [-0.4, -0.2) is 74.1 Å². The summed E-state index contributed by atoms with van der Waals surface area (Å²) >= 11 is 6.39. The molecule has 0 aromatic carbocycles. The molecule has 3 aromatic heterocycles. The minimum Gasteiger partial charge on any atom is -0.444 e. The molecule has 1 atom stereocenters. The third kappa shape index (κ3) is 5.27. The number of carbonyl (C=O) groups excluding carboxylic acids is 1. The molecule has 10 heteroatoms. The fraction of sp³-hybridized carbons (Fsp3) is 0.538. The Morgan fingerprint density at radius 2 is 2.00 bits per heavy atom. The zero-order valence-electron chi connectivity index (χ0n) is 21.4. The van der Waals surface area contributed by atoms with Crippen LogP contribution in [0.2, 0.25) is 5.15 Å². The second kappa shape index (κ2) is 9.86. The van der Waals surface area contributed by atoms with Crippen molar-refractivity contribution in [1.29, 1.82) is 0 Å². The Kier molecular flexibility index (Phi) is 6.78. The number of carbonyl (C=O) groups is 1. The summed E-state index contributed by atoms with van der Waals surface area (Å²) in [6, 6.07) is 6.29. The summed E-state index contributed by atoms with van der Waals surface area (Å²) in [6.45, 7) is 8.74. The van der Waals surface area contributed by atoms with E-state index in [0.29, 0.717) is 37.9 Å². The molecular formula is C26H34ClN7O2. The molecule has 192 valence electrons. The number of hydrogen-bond donors (Lipinski definition) is 0. The van der Waals surface area contributed by atoms with E-state index in [0.717, 1.165) is 36.6 Å². The monoisotopic (exact) mass is 511 g/mol. The lowest BCUT2D eigenvalue weighted by Crippen LogP contribution is -2.50. The van der Waals surface area contributed by atoms with Crippen molar-refractivity contribution >= 4 is 29.3 Å². The van der Waals surface area contributed by atoms with Crippen molar-refractivity contribution in [3.8, 4) is 0 Å². The Labute approximate surface area is 217 Å². The van der Waals surface area contributed by atoms with E-state index in [2.05, 4.69) is 27.9 Å². The quantitative estimate of drug-likeness (QED) is 0.482. The molecule has 4 heterocycles. The van der Waals surface area contributed by atoms with E-state index in [1.807, 2.05) is 43.6 Å². The number of aryl methyl sites for hydroxylation is 1. The zero-order chi connectivity index (χ0) is 25.4. The Balaban J connectivity index is 1.32. The second-order valence-corrected chi connectivity index (χ2v) is 11.1. The first-order valence-electron chi connectivity index (χ1n) is 12.6. The average molecular weight is 512 g/mol. The van der Waals surface area contributed by atoms with Gasteiger partial charge in [0, 0.05) is 51.2 Å². The lowest BCUT2D eigenvalue weighted by atomic mass is 9.91. The summed E-state index contributed by atoms with van der Waals surface area (Å²) in [6.07, 6.45) is 7.01. The van der Waals surface area contributed by atoms with Crippen LogP contribution in [0.1, 0.15) is 56.6 Å². The van der Waals surface area contributed by atoms with Crippen LogP contribution in [0.25, 0.3) is 5.65 Å². The number of hydrogen-bond acceptors (Lipinski definition) is 7. The van der Waals surface area contributed by atoms with E-state index in [-0.39, 0.29) is 12.1 Å². The van der Waals surface area contributed by atoms with Gasteiger partial charge < -0.3 is 14.5 Å². The van der Waals surface area contributed by atoms with Gasteiger partial charge in [-0.1, -0.05) is 17.7 Å². The third-order valence-corrected chi connectivity index (χ3v) is 6.97. The number of piperazine rings is 1. The number of ether oxygens (including phenoxy) is 1. The van der Waals surface area contributed by atoms with E-state index in [1.165, 1.54) is 11.3 Å². The van der Waals surface area contributed by atoms with Crippen LogP contribution in [0.15, 0.2) is 30.6 Å². The van der Waals surface area contributed by atoms with Gasteiger partial charge in [-0.2, -0.15) is 0 Å². The zero-order valence-corrected chi connectivity index (χ0v) is 22.2. The molecule has 1 aliphatic heterocycles. The number of fused-ring (bicyclic) bond motifs is 2. The highest BCUT2D eigenvalue weighted by Gasteiger charge is 2.28. The van der Waals surface area contributed by atoms with Crippen molar-refractivity contribution in [2.45, 2.75) is 58.2 Å². The Morgan fingerprint density at radius 1 is 1.22 bits per heavy atom. The maximum Gasteiger partial charge on any atom is 0.410 e. The minimum absolute atomic E-state index is 0.280. The molecule has 5 rings (SSSR count). The van der Waals surface area contributed by atoms with E-state index in [1.54, 1.807) is 11.0 Å². The Morgan fingerprint density at radius 3 is 2.75 bits per heavy atom. The lowest BCUT2D eigenvalue weighted by Gasteiger charge is -2.36. The van der Waals surface area contributed by atoms with Gasteiger partial charge >= 0.3 is 6.09 Å². The van der Waals surface area contributed by atoms with Gasteiger partial charge in [-0.05, 0) is 58.7 Å². The first-order valence-corrected chi connectivity index (χ1v) is 13.0. The van der Waals surface area contributed by atoms with Crippen LogP contribution in [-0.2, 0) is 17.7 Å². The number of nitrogens with zero attached hydrogens (tertiary/aromatic N) is 7. The van der Waals surface area contributed by atoms with E-state index < -0.39 is 5.60 Å². The van der Waals surface area contributed by atoms with Crippen molar-refractivity contribution in [3.63, 3.8) is 0 Å². The summed E-state index contributed by atoms with van der Waals surface area (Å²) in [5.41, 5.74) is 3.75. The molecule has 1 fully saturated rings. The van der Waals surface area contributed by atoms with Gasteiger partial charge in [0.05, 0.1) is 17.4 Å². The normalized spacial score (nSPS) is 18.6. The first kappa shape index (κ1) is 24.8. The molecule has 0 N–H and O–H groups in total. The summed E-state index contributed by atoms with van der Waals surface area (Å²) in [5.74, 6) is 0.743. The van der Waals surface area contributed by atoms with Gasteiger partial charge in [0.25, 0.3) is 0 Å². The van der Waals surface area contributed by atoms with Gasteiger partial charge in [0.2, 0.25) is 5.95 Å². The molecule has 0 unspecified atom stereocenters. The number of anilines is 1. The predicted octanol–water partition coefficient (Wildman–Crippen LogP) is 4.34. The van der Waals surface area contributed by atoms with Crippen LogP contribution in [0.5, 0.6) is 0 Å². The summed E-state index contributed by atoms with van der Waals surface area (Å²) < 4.78 is 7.53. The topological polar surface area (TPSA) is 79.1 Å². The van der Waals surface area contributed by atoms with E-state index in [4.69, 9.17) is 26.3 Å². The lowest BCUT2D eigenvalue weighted by molar-refractivity contribution is 0.0240. The highest BCUT2D eigenvalue weighted by Crippen LogP contribution is 2.33. The number of pyridine rings is 1. The number of imidazole rings is 1. The molecule has 0 spiro atoms. The number of amides is 1. The smallest absolute Gasteiger partial charge is 0.410 e. The number of halogens is 1. The third-order valence-electron chi connectivity index (χ3n) is 6.78. The molecule has 9 nitrogen and oxygen atoms in total. The van der Waals surface area contributed by atoms with Crippen LogP contribution < -0.4 is 4.90 Å². The molecule has 1 amide bonds. The molecule has 36 heavy (non-hydrogen) atoms. The minimum atomic E-state index is -0.509. The summed E-state index contributed by atoms with van der Waals surface area (Å²) in [7, 11) is 2.14. The van der Waals surface area contributed by atoms with Crippen molar-refractivity contribution in [2.24, 2.45) is 0 Å². The standard InChI is InChI=1S/C26H34ClN7O2/c1-26(2,3)36-25(35)33-13-11-32(12-14-33)24-30-21(27)15-22-29-19(17-34(22)24)16-31(4)20-9-5-7-18-8-6-10-28-23(18)20/h6,8,10,15,17,20H,5,7,9,11-14,16H2,1-4H3/t20-/m0/s1. The van der Waals surface area contributed by atoms with Gasteiger partial charge in [-0.25, -0.2) is 14.8 Å². The highest BCUT2D eigenvalue weighted by atomic mass is 35.5. The fourth-order valence-corrected chi connectivity index (χ4v) is 5.26. The summed E-state index contributed by atoms with van der Waals surface area (Å²) in [4.78, 5) is 32.9. The van der Waals surface area contributed by atoms with Gasteiger partial charge in [0.15, 0.2) is 0 Å². The van der Waals surface area contributed by atoms with Gasteiger partial charge in [-0.15, -0.1) is 0 Å². The van der Waals surface area contributed by atoms with Crippen molar-refractivity contribution in [1.82, 2.24) is 29.2 Å². The molecule has 1 aliphatic carbocycles. The van der Waals surface area contributed by atoms with Crippen molar-refractivity contribution in [2.75, 3.05) is 38.1 Å². The van der Waals surface area contributed by atoms with E-state index in [9.17, 15) is 4.79 Å². The Hall–Kier alpha value is -2.91. The van der Waals surface area contributed by atoms with Crippen LogP contribution in [0.3, 0.4) is 0 Å². The van der Waals surface area contributed by atoms with Gasteiger partial charge in [-0.3, -0.25) is 14.3 Å². The Bertz CT molecular complexity index is 1250. The van der Waals surface area contributed by atoms with Gasteiger partial charge in [0.1, 0.15) is 16.4 Å². The highest BCUT2D eigenvalue weighted by molar-refractivity contribution is 6.29. The summed E-state index contributed by atoms with van der Waals surface area (Å²) in [5, 5.41) is 0.406. The number of aromatic nitrogens is 4. The molecular weight excluding hydrogens is 478 g/mol. The SMILES string of the molecule is CN(Cc1cn2c(N3CCN(C(=O)OC(C)(C)C)CC3)nc(Cl)cc2n1)[C@H]1CCCc2cccnc21. The molecule has 3 aromatic rings. The molecule has 2 aliphatic rings. The average Bonchev–Trinajstić information content (AvgIpc) is 3.24. The number of rotatable bonds is 4. The fourth-order valence-electron chi connectivity index (χ4n) is 5.09. The largest absolute Gasteiger partial charge is 0.444 e. The molecule has 0 radical (unpaired) electrons. The molecule has 0 saturated carbocycles. The first-order chi connectivity index (χ1) is 17.2. The van der Waals surface area contributed by atoms with Crippen LogP contribution >= 0.6 is 11.6 Å².